The minimum absolute atomic E-state index is 0.0881. The van der Waals surface area contributed by atoms with Crippen molar-refractivity contribution in [1.29, 1.82) is 0 Å². The molecule has 1 aromatic carbocycles. The number of nitrogen functional groups attached to an aromatic ring is 1. The highest BCUT2D eigenvalue weighted by Gasteiger charge is 2.23. The number of rotatable bonds is 6. The molecule has 0 spiro atoms. The number of thiazole rings is 1. The largest absolute Gasteiger partial charge is 0.763 e. The maximum Gasteiger partial charge on any atom is 0.248 e. The number of anilines is 1. The third-order valence-corrected chi connectivity index (χ3v) is 6.11. The Morgan fingerprint density at radius 3 is 2.86 bits per heavy atom. The molecular formula is C18H18N2O6PS-. The highest BCUT2D eigenvalue weighted by atomic mass is 32.1. The van der Waals surface area contributed by atoms with Crippen LogP contribution in [-0.4, -0.2) is 11.8 Å². The molecule has 2 aromatic heterocycles. The van der Waals surface area contributed by atoms with Crippen LogP contribution in [0.4, 0.5) is 5.13 Å². The summed E-state index contributed by atoms with van der Waals surface area (Å²) >= 11 is 1.37. The Morgan fingerprint density at radius 2 is 2.07 bits per heavy atom. The van der Waals surface area contributed by atoms with Gasteiger partial charge in [0.05, 0.1) is 0 Å². The lowest BCUT2D eigenvalue weighted by molar-refractivity contribution is -0.187. The average Bonchev–Trinajstić information content (AvgIpc) is 3.33. The third-order valence-electron chi connectivity index (χ3n) is 3.97. The maximum atomic E-state index is 12.6. The van der Waals surface area contributed by atoms with Crippen LogP contribution < -0.4 is 30.1 Å². The van der Waals surface area contributed by atoms with Gasteiger partial charge < -0.3 is 29.0 Å². The smallest absolute Gasteiger partial charge is 0.248 e. The second-order valence-corrected chi connectivity index (χ2v) is 9.40. The van der Waals surface area contributed by atoms with Gasteiger partial charge in [0.2, 0.25) is 14.4 Å². The van der Waals surface area contributed by atoms with E-state index in [4.69, 9.17) is 24.1 Å². The number of ether oxygens (including phenoxy) is 2. The molecule has 1 aliphatic rings. The van der Waals surface area contributed by atoms with Crippen molar-refractivity contribution < 1.29 is 27.9 Å². The maximum absolute atomic E-state index is 12.6. The number of hydrogen-bond donors (Lipinski definition) is 1. The van der Waals surface area contributed by atoms with Gasteiger partial charge in [-0.15, -0.1) is 11.3 Å². The lowest BCUT2D eigenvalue weighted by Gasteiger charge is -2.21. The summed E-state index contributed by atoms with van der Waals surface area (Å²) in [6.45, 7) is 4.25. The fourth-order valence-corrected chi connectivity index (χ4v) is 4.79. The SMILES string of the molecule is CC(C)Cc1sc(N)nc1-c1ccc(P(=O)([O-])Oc2ccc3c(c2)OCO3)o1. The van der Waals surface area contributed by atoms with Crippen molar-refractivity contribution in [2.75, 3.05) is 12.5 Å². The average molecular weight is 421 g/mol. The minimum atomic E-state index is -4.50. The normalized spacial score (nSPS) is 15.0. The summed E-state index contributed by atoms with van der Waals surface area (Å²) in [5, 5.41) is 0.408. The van der Waals surface area contributed by atoms with Crippen LogP contribution in [0.25, 0.3) is 11.5 Å². The van der Waals surface area contributed by atoms with Gasteiger partial charge in [-0.05, 0) is 36.6 Å². The molecule has 2 N–H and O–H groups in total. The second-order valence-electron chi connectivity index (χ2n) is 6.66. The highest BCUT2D eigenvalue weighted by molar-refractivity contribution is 7.59. The van der Waals surface area contributed by atoms with Crippen molar-refractivity contribution >= 4 is 29.6 Å². The molecule has 3 heterocycles. The zero-order valence-electron chi connectivity index (χ0n) is 15.2. The van der Waals surface area contributed by atoms with Gasteiger partial charge in [-0.25, -0.2) is 4.98 Å². The van der Waals surface area contributed by atoms with E-state index in [0.29, 0.717) is 34.0 Å². The van der Waals surface area contributed by atoms with Crippen molar-refractivity contribution in [1.82, 2.24) is 4.98 Å². The van der Waals surface area contributed by atoms with Gasteiger partial charge >= 0.3 is 0 Å². The molecule has 1 atom stereocenters. The molecule has 0 bridgehead atoms. The number of nitrogens with zero attached hydrogens (tertiary/aromatic N) is 1. The first-order valence-electron chi connectivity index (χ1n) is 8.58. The van der Waals surface area contributed by atoms with Crippen LogP contribution in [0, 0.1) is 5.92 Å². The van der Waals surface area contributed by atoms with E-state index in [-0.39, 0.29) is 18.0 Å². The number of nitrogens with two attached hydrogens (primary N) is 1. The lowest BCUT2D eigenvalue weighted by atomic mass is 10.1. The van der Waals surface area contributed by atoms with E-state index in [1.54, 1.807) is 12.1 Å². The molecule has 4 rings (SSSR count). The first kappa shape index (κ1) is 18.9. The molecule has 8 nitrogen and oxygen atoms in total. The molecule has 3 aromatic rings. The fraction of sp³-hybridized carbons (Fsp3) is 0.278. The third kappa shape index (κ3) is 3.73. The topological polar surface area (TPSA) is 120 Å². The molecule has 0 radical (unpaired) electrons. The Hall–Kier alpha value is -2.48. The van der Waals surface area contributed by atoms with Crippen LogP contribution in [0.15, 0.2) is 34.7 Å². The lowest BCUT2D eigenvalue weighted by Crippen LogP contribution is -2.18. The summed E-state index contributed by atoms with van der Waals surface area (Å²) in [6, 6.07) is 7.44. The number of furan rings is 1. The summed E-state index contributed by atoms with van der Waals surface area (Å²) in [5.74, 6) is 1.80. The minimum Gasteiger partial charge on any atom is -0.763 e. The molecule has 0 saturated heterocycles. The summed E-state index contributed by atoms with van der Waals surface area (Å²) in [6.07, 6.45) is 0.767. The molecule has 0 amide bonds. The molecule has 28 heavy (non-hydrogen) atoms. The van der Waals surface area contributed by atoms with Gasteiger partial charge in [-0.2, -0.15) is 0 Å². The Morgan fingerprint density at radius 1 is 1.29 bits per heavy atom. The first-order chi connectivity index (χ1) is 13.3. The quantitative estimate of drug-likeness (QED) is 0.603. The van der Waals surface area contributed by atoms with Gasteiger partial charge in [-0.3, -0.25) is 4.57 Å². The molecule has 0 aliphatic carbocycles. The van der Waals surface area contributed by atoms with Crippen molar-refractivity contribution in [3.05, 3.63) is 35.2 Å². The highest BCUT2D eigenvalue weighted by Crippen LogP contribution is 2.43. The first-order valence-corrected chi connectivity index (χ1v) is 10.9. The van der Waals surface area contributed by atoms with Gasteiger partial charge in [-0.1, -0.05) is 13.8 Å². The molecular weight excluding hydrogens is 403 g/mol. The predicted molar refractivity (Wildman–Crippen MR) is 103 cm³/mol. The van der Waals surface area contributed by atoms with Crippen molar-refractivity contribution in [3.63, 3.8) is 0 Å². The zero-order valence-corrected chi connectivity index (χ0v) is 16.9. The van der Waals surface area contributed by atoms with Gasteiger partial charge in [0, 0.05) is 10.9 Å². The van der Waals surface area contributed by atoms with E-state index < -0.39 is 7.60 Å². The number of benzene rings is 1. The van der Waals surface area contributed by atoms with Crippen LogP contribution in [0.3, 0.4) is 0 Å². The monoisotopic (exact) mass is 421 g/mol. The molecule has 10 heteroatoms. The molecule has 148 valence electrons. The molecule has 0 fully saturated rings. The standard InChI is InChI=1S/C18H19N2O6PS/c1-10(2)7-15-17(20-18(19)28-15)13-5-6-16(25-13)27(21,22)26-11-3-4-12-14(8-11)24-9-23-12/h3-6,8,10H,7,9H2,1-2H3,(H2,19,20)(H,21,22)/p-1. The predicted octanol–water partition coefficient (Wildman–Crippen LogP) is 3.17. The van der Waals surface area contributed by atoms with Crippen LogP contribution in [-0.2, 0) is 11.0 Å². The number of hydrogen-bond acceptors (Lipinski definition) is 9. The van der Waals surface area contributed by atoms with Gasteiger partial charge in [0.1, 0.15) is 11.4 Å². The van der Waals surface area contributed by atoms with Gasteiger partial charge in [0.25, 0.3) is 0 Å². The van der Waals surface area contributed by atoms with Crippen LogP contribution in [0.5, 0.6) is 17.2 Å². The van der Waals surface area contributed by atoms with Crippen LogP contribution in [0.1, 0.15) is 18.7 Å². The van der Waals surface area contributed by atoms with Gasteiger partial charge in [0.15, 0.2) is 27.9 Å². The summed E-state index contributed by atoms with van der Waals surface area (Å²) in [4.78, 5) is 17.9. The van der Waals surface area contributed by atoms with Crippen LogP contribution in [0.2, 0.25) is 0 Å². The molecule has 1 unspecified atom stereocenters. The summed E-state index contributed by atoms with van der Waals surface area (Å²) in [7, 11) is -4.50. The van der Waals surface area contributed by atoms with E-state index in [9.17, 15) is 9.46 Å². The fourth-order valence-electron chi connectivity index (χ4n) is 2.79. The van der Waals surface area contributed by atoms with E-state index >= 15 is 0 Å². The molecule has 1 aliphatic heterocycles. The van der Waals surface area contributed by atoms with E-state index in [1.165, 1.54) is 29.5 Å². The number of aromatic nitrogens is 1. The van der Waals surface area contributed by atoms with Crippen LogP contribution >= 0.6 is 18.9 Å². The molecule has 0 saturated carbocycles. The Bertz CT molecular complexity index is 1060. The van der Waals surface area contributed by atoms with Crippen molar-refractivity contribution in [2.24, 2.45) is 5.92 Å². The Kier molecular flexibility index (Phi) is 4.82. The van der Waals surface area contributed by atoms with E-state index in [1.807, 2.05) is 0 Å². The summed E-state index contributed by atoms with van der Waals surface area (Å²) in [5.41, 5.74) is 6.11. The number of fused-ring (bicyclic) bond motifs is 1. The zero-order chi connectivity index (χ0) is 19.9. The van der Waals surface area contributed by atoms with Crippen molar-refractivity contribution in [3.8, 4) is 28.7 Å². The van der Waals surface area contributed by atoms with E-state index in [2.05, 4.69) is 18.8 Å². The summed E-state index contributed by atoms with van der Waals surface area (Å²) < 4.78 is 33.8. The second kappa shape index (κ2) is 7.16. The van der Waals surface area contributed by atoms with E-state index in [0.717, 1.165) is 11.3 Å². The Labute approximate surface area is 165 Å². The van der Waals surface area contributed by atoms with Crippen molar-refractivity contribution in [2.45, 2.75) is 20.3 Å². The Balaban J connectivity index is 1.59.